The van der Waals surface area contributed by atoms with Gasteiger partial charge in [-0.25, -0.2) is 0 Å². The molecule has 2 nitrogen and oxygen atoms in total. The second-order valence-electron chi connectivity index (χ2n) is 5.45. The number of fused-ring (bicyclic) bond motifs is 2. The largest absolute Gasteiger partial charge is 0.456 e. The topological polar surface area (TPSA) is 12.5 Å². The first-order valence-corrected chi connectivity index (χ1v) is 7.45. The number of halogens is 1. The molecule has 2 aromatic carbocycles. The normalized spacial score (nSPS) is 14.8. The molecule has 0 saturated carbocycles. The maximum absolute atomic E-state index is 6.16. The molecule has 21 heavy (non-hydrogen) atoms. The Morgan fingerprint density at radius 1 is 1.05 bits per heavy atom. The van der Waals surface area contributed by atoms with Crippen molar-refractivity contribution in [2.75, 3.05) is 20.6 Å². The summed E-state index contributed by atoms with van der Waals surface area (Å²) >= 11 is 6.16. The lowest BCUT2D eigenvalue weighted by Gasteiger charge is -2.23. The van der Waals surface area contributed by atoms with Gasteiger partial charge in [-0.1, -0.05) is 35.9 Å². The molecule has 0 aromatic heterocycles. The van der Waals surface area contributed by atoms with Crippen molar-refractivity contribution in [3.8, 4) is 11.5 Å². The van der Waals surface area contributed by atoms with E-state index in [-0.39, 0.29) is 0 Å². The molecular weight excluding hydrogens is 282 g/mol. The van der Waals surface area contributed by atoms with Crippen LogP contribution in [-0.4, -0.2) is 25.5 Å². The van der Waals surface area contributed by atoms with Crippen LogP contribution >= 0.6 is 11.6 Å². The summed E-state index contributed by atoms with van der Waals surface area (Å²) in [6, 6.07) is 13.9. The number of hydrogen-bond donors (Lipinski definition) is 0. The Bertz CT molecular complexity index is 691. The Morgan fingerprint density at radius 3 is 2.62 bits per heavy atom. The van der Waals surface area contributed by atoms with Gasteiger partial charge in [0.05, 0.1) is 0 Å². The predicted molar refractivity (Wildman–Crippen MR) is 88.2 cm³/mol. The van der Waals surface area contributed by atoms with Crippen LogP contribution in [0.2, 0.25) is 5.02 Å². The number of benzene rings is 2. The van der Waals surface area contributed by atoms with Crippen LogP contribution in [0.1, 0.15) is 17.5 Å². The van der Waals surface area contributed by atoms with Crippen molar-refractivity contribution in [2.45, 2.75) is 6.42 Å². The number of nitrogens with zero attached hydrogens (tertiary/aromatic N) is 1. The van der Waals surface area contributed by atoms with Gasteiger partial charge < -0.3 is 9.64 Å². The fourth-order valence-electron chi connectivity index (χ4n) is 2.53. The fourth-order valence-corrected chi connectivity index (χ4v) is 2.70. The van der Waals surface area contributed by atoms with E-state index in [0.29, 0.717) is 0 Å². The van der Waals surface area contributed by atoms with Crippen LogP contribution in [0.25, 0.3) is 5.57 Å². The SMILES string of the molecule is CN(C)CCC=C1c2ccccc2Oc2ccc(Cl)cc21. The molecule has 3 heteroatoms. The molecule has 0 unspecified atom stereocenters. The average molecular weight is 300 g/mol. The Morgan fingerprint density at radius 2 is 1.81 bits per heavy atom. The van der Waals surface area contributed by atoms with Crippen molar-refractivity contribution in [3.05, 3.63) is 64.7 Å². The Balaban J connectivity index is 2.06. The van der Waals surface area contributed by atoms with Gasteiger partial charge in [0.1, 0.15) is 11.5 Å². The number of ether oxygens (including phenoxy) is 1. The highest BCUT2D eigenvalue weighted by Gasteiger charge is 2.21. The van der Waals surface area contributed by atoms with Crippen LogP contribution in [0.3, 0.4) is 0 Å². The molecule has 0 amide bonds. The van der Waals surface area contributed by atoms with Crippen molar-refractivity contribution in [1.29, 1.82) is 0 Å². The first-order chi connectivity index (χ1) is 10.1. The van der Waals surface area contributed by atoms with Crippen LogP contribution < -0.4 is 4.74 Å². The molecular formula is C18H18ClNO. The highest BCUT2D eigenvalue weighted by Crippen LogP contribution is 2.44. The monoisotopic (exact) mass is 299 g/mol. The minimum absolute atomic E-state index is 0.732. The summed E-state index contributed by atoms with van der Waals surface area (Å²) in [7, 11) is 4.17. The Kier molecular flexibility index (Phi) is 4.00. The first kappa shape index (κ1) is 14.2. The van der Waals surface area contributed by atoms with Gasteiger partial charge >= 0.3 is 0 Å². The molecule has 2 aromatic rings. The molecule has 108 valence electrons. The minimum atomic E-state index is 0.732. The molecule has 0 bridgehead atoms. The van der Waals surface area contributed by atoms with Gasteiger partial charge in [-0.05, 0) is 50.4 Å². The molecule has 1 aliphatic rings. The summed E-state index contributed by atoms with van der Waals surface area (Å²) in [4.78, 5) is 2.18. The standard InChI is InChI=1S/C18H18ClNO/c1-20(2)11-5-7-14-15-6-3-4-8-17(15)21-18-10-9-13(19)12-16(14)18/h3-4,6-10,12H,5,11H2,1-2H3. The van der Waals surface area contributed by atoms with Gasteiger partial charge in [-0.15, -0.1) is 0 Å². The number of hydrogen-bond acceptors (Lipinski definition) is 2. The van der Waals surface area contributed by atoms with E-state index in [2.05, 4.69) is 31.1 Å². The third kappa shape index (κ3) is 2.97. The molecule has 0 spiro atoms. The van der Waals surface area contributed by atoms with E-state index >= 15 is 0 Å². The van der Waals surface area contributed by atoms with E-state index in [9.17, 15) is 0 Å². The third-order valence-electron chi connectivity index (χ3n) is 3.55. The lowest BCUT2D eigenvalue weighted by molar-refractivity contribution is 0.417. The van der Waals surface area contributed by atoms with Crippen LogP contribution in [-0.2, 0) is 0 Å². The molecule has 1 aliphatic heterocycles. The molecule has 0 atom stereocenters. The average Bonchev–Trinajstić information content (AvgIpc) is 2.46. The fraction of sp³-hybridized carbons (Fsp3) is 0.222. The minimum Gasteiger partial charge on any atom is -0.456 e. The van der Waals surface area contributed by atoms with Gasteiger partial charge in [-0.3, -0.25) is 0 Å². The highest BCUT2D eigenvalue weighted by molar-refractivity contribution is 6.30. The van der Waals surface area contributed by atoms with E-state index in [0.717, 1.165) is 40.6 Å². The van der Waals surface area contributed by atoms with Gasteiger partial charge in [0.2, 0.25) is 0 Å². The summed E-state index contributed by atoms with van der Waals surface area (Å²) in [5.41, 5.74) is 3.40. The van der Waals surface area contributed by atoms with E-state index in [1.54, 1.807) is 0 Å². The summed E-state index contributed by atoms with van der Waals surface area (Å²) in [5.74, 6) is 1.78. The van der Waals surface area contributed by atoms with E-state index in [1.807, 2.05) is 36.4 Å². The molecule has 0 aliphatic carbocycles. The van der Waals surface area contributed by atoms with Gasteiger partial charge in [0, 0.05) is 22.7 Å². The summed E-state index contributed by atoms with van der Waals surface area (Å²) in [6.45, 7) is 1.02. The second-order valence-corrected chi connectivity index (χ2v) is 5.88. The van der Waals surface area contributed by atoms with Crippen molar-refractivity contribution < 1.29 is 4.74 Å². The third-order valence-corrected chi connectivity index (χ3v) is 3.79. The Hall–Kier alpha value is -1.77. The van der Waals surface area contributed by atoms with Gasteiger partial charge in [0.25, 0.3) is 0 Å². The molecule has 1 heterocycles. The lowest BCUT2D eigenvalue weighted by Crippen LogP contribution is -2.12. The molecule has 0 fully saturated rings. The maximum Gasteiger partial charge on any atom is 0.135 e. The van der Waals surface area contributed by atoms with E-state index < -0.39 is 0 Å². The van der Waals surface area contributed by atoms with Crippen LogP contribution in [0.4, 0.5) is 0 Å². The van der Waals surface area contributed by atoms with E-state index in [4.69, 9.17) is 16.3 Å². The summed E-state index contributed by atoms with van der Waals surface area (Å²) in [5, 5.41) is 0.732. The van der Waals surface area contributed by atoms with Crippen LogP contribution in [0.5, 0.6) is 11.5 Å². The lowest BCUT2D eigenvalue weighted by atomic mass is 9.93. The number of para-hydroxylation sites is 1. The zero-order chi connectivity index (χ0) is 14.8. The first-order valence-electron chi connectivity index (χ1n) is 7.07. The molecule has 3 rings (SSSR count). The zero-order valence-corrected chi connectivity index (χ0v) is 13.0. The molecule has 0 saturated heterocycles. The molecule has 0 N–H and O–H groups in total. The van der Waals surface area contributed by atoms with Crippen molar-refractivity contribution in [2.24, 2.45) is 0 Å². The quantitative estimate of drug-likeness (QED) is 0.687. The zero-order valence-electron chi connectivity index (χ0n) is 12.3. The summed E-state index contributed by atoms with van der Waals surface area (Å²) in [6.07, 6.45) is 3.26. The second kappa shape index (κ2) is 5.92. The van der Waals surface area contributed by atoms with Crippen molar-refractivity contribution >= 4 is 17.2 Å². The van der Waals surface area contributed by atoms with Crippen LogP contribution in [0.15, 0.2) is 48.5 Å². The summed E-state index contributed by atoms with van der Waals surface area (Å²) < 4.78 is 5.98. The smallest absolute Gasteiger partial charge is 0.135 e. The van der Waals surface area contributed by atoms with Crippen LogP contribution in [0, 0.1) is 0 Å². The van der Waals surface area contributed by atoms with Gasteiger partial charge in [-0.2, -0.15) is 0 Å². The Labute approximate surface area is 130 Å². The van der Waals surface area contributed by atoms with Crippen molar-refractivity contribution in [3.63, 3.8) is 0 Å². The van der Waals surface area contributed by atoms with Gasteiger partial charge in [0.15, 0.2) is 0 Å². The number of rotatable bonds is 3. The predicted octanol–water partition coefficient (Wildman–Crippen LogP) is 4.83. The highest BCUT2D eigenvalue weighted by atomic mass is 35.5. The van der Waals surface area contributed by atoms with E-state index in [1.165, 1.54) is 5.57 Å². The van der Waals surface area contributed by atoms with Crippen molar-refractivity contribution in [1.82, 2.24) is 4.90 Å². The maximum atomic E-state index is 6.16. The molecule has 0 radical (unpaired) electrons.